The van der Waals surface area contributed by atoms with Crippen LogP contribution in [0.2, 0.25) is 0 Å². The average Bonchev–Trinajstić information content (AvgIpc) is 2.62. The predicted octanol–water partition coefficient (Wildman–Crippen LogP) is 1.81. The van der Waals surface area contributed by atoms with Crippen molar-refractivity contribution in [3.05, 3.63) is 23.7 Å². The maximum Gasteiger partial charge on any atom is 0.374 e. The van der Waals surface area contributed by atoms with Gasteiger partial charge in [-0.15, -0.1) is 0 Å². The molecule has 0 atom stereocenters. The molecule has 0 spiro atoms. The molecule has 1 rings (SSSR count). The number of methoxy groups -OCH3 is 1. The first-order valence-corrected chi connectivity index (χ1v) is 4.63. The van der Waals surface area contributed by atoms with Gasteiger partial charge < -0.3 is 9.15 Å². The van der Waals surface area contributed by atoms with E-state index in [2.05, 4.69) is 32.5 Å². The van der Waals surface area contributed by atoms with Crippen LogP contribution in [0.5, 0.6) is 0 Å². The second-order valence-corrected chi connectivity index (χ2v) is 2.65. The van der Waals surface area contributed by atoms with E-state index in [-0.39, 0.29) is 5.76 Å². The zero-order valence-electron chi connectivity index (χ0n) is 6.96. The normalized spacial score (nSPS) is 8.77. The lowest BCUT2D eigenvalue weighted by Gasteiger charge is -1.90. The van der Waals surface area contributed by atoms with E-state index in [0.29, 0.717) is 11.1 Å². The van der Waals surface area contributed by atoms with Gasteiger partial charge >= 0.3 is 5.97 Å². The summed E-state index contributed by atoms with van der Waals surface area (Å²) >= 11 is 3.15. The molecular weight excluding hydrogens is 236 g/mol. The Morgan fingerprint density at radius 1 is 1.69 bits per heavy atom. The van der Waals surface area contributed by atoms with Crippen molar-refractivity contribution in [1.82, 2.24) is 0 Å². The molecule has 68 valence electrons. The molecule has 4 heteroatoms. The Hall–Kier alpha value is -1.21. The maximum absolute atomic E-state index is 10.9. The van der Waals surface area contributed by atoms with Crippen LogP contribution in [0, 0.1) is 11.8 Å². The highest BCUT2D eigenvalue weighted by Gasteiger charge is 2.09. The standard InChI is InChI=1S/C9H7BrO3/c1-12-9(11)8-5-4-7(13-8)3-2-6-10/h4-5H,6H2,1H3. The number of halogens is 1. The Bertz CT molecular complexity index is 356. The van der Waals surface area contributed by atoms with Gasteiger partial charge in [0.15, 0.2) is 5.76 Å². The zero-order valence-corrected chi connectivity index (χ0v) is 8.55. The molecule has 1 aromatic rings. The van der Waals surface area contributed by atoms with E-state index in [1.165, 1.54) is 13.2 Å². The molecule has 1 heterocycles. The van der Waals surface area contributed by atoms with Crippen LogP contribution in [0.15, 0.2) is 16.5 Å². The molecule has 1 aromatic heterocycles. The first-order valence-electron chi connectivity index (χ1n) is 3.51. The lowest BCUT2D eigenvalue weighted by molar-refractivity contribution is 0.0564. The fourth-order valence-electron chi connectivity index (χ4n) is 0.736. The van der Waals surface area contributed by atoms with E-state index in [0.717, 1.165) is 0 Å². The number of rotatable bonds is 1. The van der Waals surface area contributed by atoms with Gasteiger partial charge in [0, 0.05) is 0 Å². The van der Waals surface area contributed by atoms with Gasteiger partial charge in [0.2, 0.25) is 5.76 Å². The lowest BCUT2D eigenvalue weighted by Crippen LogP contribution is -1.98. The minimum atomic E-state index is -0.494. The van der Waals surface area contributed by atoms with Crippen LogP contribution in [0.3, 0.4) is 0 Å². The largest absolute Gasteiger partial charge is 0.463 e. The van der Waals surface area contributed by atoms with Gasteiger partial charge in [-0.1, -0.05) is 21.9 Å². The van der Waals surface area contributed by atoms with Gasteiger partial charge in [-0.25, -0.2) is 4.79 Å². The van der Waals surface area contributed by atoms with Crippen molar-refractivity contribution >= 4 is 21.9 Å². The summed E-state index contributed by atoms with van der Waals surface area (Å²) in [6.07, 6.45) is 0. The first kappa shape index (κ1) is 9.87. The topological polar surface area (TPSA) is 39.4 Å². The van der Waals surface area contributed by atoms with Gasteiger partial charge in [0.25, 0.3) is 0 Å². The van der Waals surface area contributed by atoms with Crippen LogP contribution in [0.25, 0.3) is 0 Å². The lowest BCUT2D eigenvalue weighted by atomic mass is 10.4. The number of hydrogen-bond acceptors (Lipinski definition) is 3. The molecule has 0 saturated heterocycles. The molecular formula is C9H7BrO3. The number of hydrogen-bond donors (Lipinski definition) is 0. The van der Waals surface area contributed by atoms with E-state index in [1.54, 1.807) is 6.07 Å². The van der Waals surface area contributed by atoms with Crippen LogP contribution in [-0.4, -0.2) is 18.4 Å². The summed E-state index contributed by atoms with van der Waals surface area (Å²) in [5.74, 6) is 5.61. The number of furan rings is 1. The third-order valence-corrected chi connectivity index (χ3v) is 1.55. The van der Waals surface area contributed by atoms with Crippen molar-refractivity contribution in [2.75, 3.05) is 12.4 Å². The van der Waals surface area contributed by atoms with Crippen molar-refractivity contribution in [2.45, 2.75) is 0 Å². The fraction of sp³-hybridized carbons (Fsp3) is 0.222. The monoisotopic (exact) mass is 242 g/mol. The van der Waals surface area contributed by atoms with Crippen molar-refractivity contribution in [2.24, 2.45) is 0 Å². The third kappa shape index (κ3) is 2.63. The Morgan fingerprint density at radius 2 is 2.46 bits per heavy atom. The second-order valence-electron chi connectivity index (χ2n) is 2.09. The van der Waals surface area contributed by atoms with E-state index < -0.39 is 5.97 Å². The molecule has 0 aliphatic rings. The summed E-state index contributed by atoms with van der Waals surface area (Å²) < 4.78 is 9.53. The SMILES string of the molecule is COC(=O)c1ccc(C#CCBr)o1. The number of alkyl halides is 1. The van der Waals surface area contributed by atoms with Crippen LogP contribution >= 0.6 is 15.9 Å². The van der Waals surface area contributed by atoms with E-state index in [1.807, 2.05) is 0 Å². The van der Waals surface area contributed by atoms with Gasteiger partial charge in [-0.3, -0.25) is 0 Å². The van der Waals surface area contributed by atoms with Crippen molar-refractivity contribution < 1.29 is 13.9 Å². The smallest absolute Gasteiger partial charge is 0.374 e. The quantitative estimate of drug-likeness (QED) is 0.429. The minimum absolute atomic E-state index is 0.168. The summed E-state index contributed by atoms with van der Waals surface area (Å²) in [5, 5.41) is 0.571. The second kappa shape index (κ2) is 4.73. The van der Waals surface area contributed by atoms with Gasteiger partial charge in [-0.05, 0) is 18.1 Å². The van der Waals surface area contributed by atoms with Crippen molar-refractivity contribution in [3.63, 3.8) is 0 Å². The fourth-order valence-corrected chi connectivity index (χ4v) is 0.876. The van der Waals surface area contributed by atoms with Crippen LogP contribution < -0.4 is 0 Å². The molecule has 0 radical (unpaired) electrons. The molecule has 0 aromatic carbocycles. The van der Waals surface area contributed by atoms with Gasteiger partial charge in [0.1, 0.15) is 0 Å². The molecule has 3 nitrogen and oxygen atoms in total. The molecule has 0 N–H and O–H groups in total. The number of ether oxygens (including phenoxy) is 1. The minimum Gasteiger partial charge on any atom is -0.463 e. The molecule has 0 amide bonds. The predicted molar refractivity (Wildman–Crippen MR) is 50.7 cm³/mol. The Morgan fingerprint density at radius 3 is 3.08 bits per heavy atom. The van der Waals surface area contributed by atoms with Gasteiger partial charge in [0.05, 0.1) is 12.4 Å². The highest BCUT2D eigenvalue weighted by Crippen LogP contribution is 2.07. The summed E-state index contributed by atoms with van der Waals surface area (Å²) in [7, 11) is 1.30. The zero-order chi connectivity index (χ0) is 9.68. The van der Waals surface area contributed by atoms with E-state index >= 15 is 0 Å². The summed E-state index contributed by atoms with van der Waals surface area (Å²) in [6, 6.07) is 3.16. The Balaban J connectivity index is 2.80. The van der Waals surface area contributed by atoms with Crippen LogP contribution in [0.4, 0.5) is 0 Å². The third-order valence-electron chi connectivity index (χ3n) is 1.27. The molecule has 0 aliphatic carbocycles. The molecule has 0 bridgehead atoms. The van der Waals surface area contributed by atoms with Gasteiger partial charge in [-0.2, -0.15) is 0 Å². The Labute approximate surface area is 84.2 Å². The van der Waals surface area contributed by atoms with Crippen molar-refractivity contribution in [1.29, 1.82) is 0 Å². The molecule has 0 aliphatic heterocycles. The summed E-state index contributed by atoms with van der Waals surface area (Å²) in [5.41, 5.74) is 0. The first-order chi connectivity index (χ1) is 6.27. The van der Waals surface area contributed by atoms with Crippen LogP contribution in [0.1, 0.15) is 16.3 Å². The highest BCUT2D eigenvalue weighted by atomic mass is 79.9. The van der Waals surface area contributed by atoms with E-state index in [4.69, 9.17) is 4.42 Å². The molecule has 0 saturated carbocycles. The number of carbonyl (C=O) groups excluding carboxylic acids is 1. The summed E-state index contributed by atoms with van der Waals surface area (Å²) in [4.78, 5) is 10.9. The maximum atomic E-state index is 10.9. The van der Waals surface area contributed by atoms with E-state index in [9.17, 15) is 4.79 Å². The number of esters is 1. The summed E-state index contributed by atoms with van der Waals surface area (Å²) in [6.45, 7) is 0. The molecule has 13 heavy (non-hydrogen) atoms. The van der Waals surface area contributed by atoms with Crippen molar-refractivity contribution in [3.8, 4) is 11.8 Å². The van der Waals surface area contributed by atoms with Crippen LogP contribution in [-0.2, 0) is 4.74 Å². The molecule has 0 unspecified atom stereocenters. The molecule has 0 fully saturated rings. The highest BCUT2D eigenvalue weighted by molar-refractivity contribution is 9.09. The Kier molecular flexibility index (Phi) is 3.59. The number of carbonyl (C=O) groups is 1. The average molecular weight is 243 g/mol.